The van der Waals surface area contributed by atoms with Gasteiger partial charge in [-0.1, -0.05) is 0 Å². The Bertz CT molecular complexity index is 341. The number of hydrogen-bond donors (Lipinski definition) is 1. The molecule has 88 valence electrons. The summed E-state index contributed by atoms with van der Waals surface area (Å²) in [6.45, 7) is 2.40. The van der Waals surface area contributed by atoms with Crippen molar-refractivity contribution < 1.29 is 4.74 Å². The van der Waals surface area contributed by atoms with Gasteiger partial charge in [-0.05, 0) is 24.8 Å². The standard InChI is InChI=1S/C11H18N4O/c1-15(6-7-16-8-9-2-3-9)11-13-5-4-10(12)14-11/h4-5,9H,2-3,6-8H2,1H3,(H2,12,13,14). The smallest absolute Gasteiger partial charge is 0.227 e. The molecule has 1 aliphatic carbocycles. The van der Waals surface area contributed by atoms with Crippen LogP contribution in [0, 0.1) is 5.92 Å². The Labute approximate surface area is 95.6 Å². The van der Waals surface area contributed by atoms with E-state index in [0.29, 0.717) is 18.4 Å². The molecule has 1 fully saturated rings. The highest BCUT2D eigenvalue weighted by Gasteiger charge is 2.21. The maximum absolute atomic E-state index is 5.59. The minimum Gasteiger partial charge on any atom is -0.384 e. The Kier molecular flexibility index (Phi) is 3.56. The van der Waals surface area contributed by atoms with E-state index >= 15 is 0 Å². The van der Waals surface area contributed by atoms with E-state index < -0.39 is 0 Å². The summed E-state index contributed by atoms with van der Waals surface area (Å²) in [4.78, 5) is 10.2. The van der Waals surface area contributed by atoms with E-state index in [1.54, 1.807) is 12.3 Å². The van der Waals surface area contributed by atoms with Crippen molar-refractivity contribution in [1.82, 2.24) is 9.97 Å². The molecule has 1 aromatic heterocycles. The van der Waals surface area contributed by atoms with Crippen LogP contribution in [-0.2, 0) is 4.74 Å². The maximum atomic E-state index is 5.59. The van der Waals surface area contributed by atoms with Crippen LogP contribution in [0.3, 0.4) is 0 Å². The average Bonchev–Trinajstić information content (AvgIpc) is 3.08. The summed E-state index contributed by atoms with van der Waals surface area (Å²) < 4.78 is 5.55. The van der Waals surface area contributed by atoms with Crippen LogP contribution >= 0.6 is 0 Å². The number of hydrogen-bond acceptors (Lipinski definition) is 5. The zero-order chi connectivity index (χ0) is 11.4. The van der Waals surface area contributed by atoms with Crippen LogP contribution in [0.15, 0.2) is 12.3 Å². The first-order chi connectivity index (χ1) is 7.75. The van der Waals surface area contributed by atoms with Crippen molar-refractivity contribution in [1.29, 1.82) is 0 Å². The minimum absolute atomic E-state index is 0.496. The van der Waals surface area contributed by atoms with Gasteiger partial charge in [0.1, 0.15) is 5.82 Å². The lowest BCUT2D eigenvalue weighted by Crippen LogP contribution is -2.25. The molecule has 0 bridgehead atoms. The first kappa shape index (κ1) is 11.1. The quantitative estimate of drug-likeness (QED) is 0.725. The summed E-state index contributed by atoms with van der Waals surface area (Å²) in [5, 5.41) is 0. The molecule has 0 spiro atoms. The second-order valence-electron chi connectivity index (χ2n) is 4.22. The zero-order valence-electron chi connectivity index (χ0n) is 9.59. The van der Waals surface area contributed by atoms with Gasteiger partial charge in [-0.15, -0.1) is 0 Å². The van der Waals surface area contributed by atoms with Crippen molar-refractivity contribution in [3.63, 3.8) is 0 Å². The topological polar surface area (TPSA) is 64.3 Å². The van der Waals surface area contributed by atoms with Crippen LogP contribution < -0.4 is 10.6 Å². The van der Waals surface area contributed by atoms with Crippen LogP contribution in [0.1, 0.15) is 12.8 Å². The molecule has 1 aliphatic rings. The third-order valence-electron chi connectivity index (χ3n) is 2.63. The Morgan fingerprint density at radius 3 is 3.06 bits per heavy atom. The normalized spacial score (nSPS) is 15.1. The van der Waals surface area contributed by atoms with Gasteiger partial charge in [0.15, 0.2) is 0 Å². The molecule has 2 N–H and O–H groups in total. The highest BCUT2D eigenvalue weighted by molar-refractivity contribution is 5.36. The van der Waals surface area contributed by atoms with Crippen molar-refractivity contribution in [3.8, 4) is 0 Å². The Morgan fingerprint density at radius 2 is 2.38 bits per heavy atom. The number of anilines is 2. The van der Waals surface area contributed by atoms with Crippen LogP contribution in [0.2, 0.25) is 0 Å². The van der Waals surface area contributed by atoms with Crippen LogP contribution in [-0.4, -0.2) is 36.8 Å². The minimum atomic E-state index is 0.496. The molecule has 5 heteroatoms. The second kappa shape index (κ2) is 5.12. The molecule has 1 aromatic rings. The SMILES string of the molecule is CN(CCOCC1CC1)c1nccc(N)n1. The van der Waals surface area contributed by atoms with E-state index in [0.717, 1.165) is 19.1 Å². The van der Waals surface area contributed by atoms with Gasteiger partial charge in [0.25, 0.3) is 0 Å². The van der Waals surface area contributed by atoms with Gasteiger partial charge in [-0.3, -0.25) is 0 Å². The summed E-state index contributed by atoms with van der Waals surface area (Å²) in [5.74, 6) is 1.96. The van der Waals surface area contributed by atoms with Crippen LogP contribution in [0.5, 0.6) is 0 Å². The van der Waals surface area contributed by atoms with Gasteiger partial charge in [0, 0.05) is 26.4 Å². The summed E-state index contributed by atoms with van der Waals surface area (Å²) in [6.07, 6.45) is 4.32. The van der Waals surface area contributed by atoms with Crippen molar-refractivity contribution in [2.24, 2.45) is 5.92 Å². The van der Waals surface area contributed by atoms with E-state index in [9.17, 15) is 0 Å². The molecule has 5 nitrogen and oxygen atoms in total. The Morgan fingerprint density at radius 1 is 1.56 bits per heavy atom. The maximum Gasteiger partial charge on any atom is 0.227 e. The van der Waals surface area contributed by atoms with Crippen LogP contribution in [0.4, 0.5) is 11.8 Å². The lowest BCUT2D eigenvalue weighted by atomic mass is 10.5. The van der Waals surface area contributed by atoms with Gasteiger partial charge < -0.3 is 15.4 Å². The number of aromatic nitrogens is 2. The zero-order valence-corrected chi connectivity index (χ0v) is 9.59. The molecule has 1 saturated carbocycles. The predicted octanol–water partition coefficient (Wildman–Crippen LogP) is 0.922. The first-order valence-corrected chi connectivity index (χ1v) is 5.63. The highest BCUT2D eigenvalue weighted by atomic mass is 16.5. The lowest BCUT2D eigenvalue weighted by Gasteiger charge is -2.16. The Hall–Kier alpha value is -1.36. The third-order valence-corrected chi connectivity index (χ3v) is 2.63. The molecular weight excluding hydrogens is 204 g/mol. The fourth-order valence-corrected chi connectivity index (χ4v) is 1.38. The van der Waals surface area contributed by atoms with Gasteiger partial charge in [-0.25, -0.2) is 4.98 Å². The number of likely N-dealkylation sites (N-methyl/N-ethyl adjacent to an activating group) is 1. The molecule has 0 aliphatic heterocycles. The van der Waals surface area contributed by atoms with Crippen molar-refractivity contribution in [2.45, 2.75) is 12.8 Å². The van der Waals surface area contributed by atoms with Crippen molar-refractivity contribution in [3.05, 3.63) is 12.3 Å². The molecule has 0 saturated heterocycles. The van der Waals surface area contributed by atoms with Crippen molar-refractivity contribution >= 4 is 11.8 Å². The molecule has 0 atom stereocenters. The van der Waals surface area contributed by atoms with E-state index in [-0.39, 0.29) is 0 Å². The molecule has 16 heavy (non-hydrogen) atoms. The number of nitrogens with zero attached hydrogens (tertiary/aromatic N) is 3. The molecule has 0 amide bonds. The molecule has 0 unspecified atom stereocenters. The average molecular weight is 222 g/mol. The largest absolute Gasteiger partial charge is 0.384 e. The first-order valence-electron chi connectivity index (χ1n) is 5.63. The summed E-state index contributed by atoms with van der Waals surface area (Å²) in [6, 6.07) is 1.68. The number of ether oxygens (including phenoxy) is 1. The number of nitrogen functional groups attached to an aromatic ring is 1. The summed E-state index contributed by atoms with van der Waals surface area (Å²) in [7, 11) is 1.94. The van der Waals surface area contributed by atoms with Crippen molar-refractivity contribution in [2.75, 3.05) is 37.4 Å². The highest BCUT2D eigenvalue weighted by Crippen LogP contribution is 2.28. The third kappa shape index (κ3) is 3.34. The van der Waals surface area contributed by atoms with E-state index in [4.69, 9.17) is 10.5 Å². The van der Waals surface area contributed by atoms with E-state index in [1.165, 1.54) is 12.8 Å². The fourth-order valence-electron chi connectivity index (χ4n) is 1.38. The molecular formula is C11H18N4O. The number of nitrogens with two attached hydrogens (primary N) is 1. The Balaban J connectivity index is 1.71. The molecule has 0 aromatic carbocycles. The molecule has 0 radical (unpaired) electrons. The van der Waals surface area contributed by atoms with E-state index in [2.05, 4.69) is 9.97 Å². The van der Waals surface area contributed by atoms with Crippen LogP contribution in [0.25, 0.3) is 0 Å². The van der Waals surface area contributed by atoms with Gasteiger partial charge in [-0.2, -0.15) is 4.98 Å². The van der Waals surface area contributed by atoms with Gasteiger partial charge >= 0.3 is 0 Å². The molecule has 2 rings (SSSR count). The molecule has 1 heterocycles. The second-order valence-corrected chi connectivity index (χ2v) is 4.22. The summed E-state index contributed by atoms with van der Waals surface area (Å²) >= 11 is 0. The van der Waals surface area contributed by atoms with Gasteiger partial charge in [0.2, 0.25) is 5.95 Å². The predicted molar refractivity (Wildman–Crippen MR) is 63.3 cm³/mol. The van der Waals surface area contributed by atoms with E-state index in [1.807, 2.05) is 11.9 Å². The fraction of sp³-hybridized carbons (Fsp3) is 0.636. The van der Waals surface area contributed by atoms with Gasteiger partial charge in [0.05, 0.1) is 6.61 Å². The lowest BCUT2D eigenvalue weighted by molar-refractivity contribution is 0.130. The summed E-state index contributed by atoms with van der Waals surface area (Å²) in [5.41, 5.74) is 5.59. The number of rotatable bonds is 6. The monoisotopic (exact) mass is 222 g/mol.